The van der Waals surface area contributed by atoms with Crippen LogP contribution in [0.3, 0.4) is 0 Å². The van der Waals surface area contributed by atoms with E-state index in [2.05, 4.69) is 52.9 Å². The highest BCUT2D eigenvalue weighted by Crippen LogP contribution is 2.27. The van der Waals surface area contributed by atoms with Crippen molar-refractivity contribution in [2.75, 3.05) is 24.6 Å². The van der Waals surface area contributed by atoms with Crippen molar-refractivity contribution in [1.82, 2.24) is 0 Å². The van der Waals surface area contributed by atoms with E-state index in [9.17, 15) is 0 Å². The molecule has 112 valence electrons. The largest absolute Gasteiger partial charge is 0.376 e. The van der Waals surface area contributed by atoms with Crippen LogP contribution < -0.4 is 10.6 Å². The highest BCUT2D eigenvalue weighted by molar-refractivity contribution is 9.10. The van der Waals surface area contributed by atoms with E-state index in [0.29, 0.717) is 6.10 Å². The van der Waals surface area contributed by atoms with Gasteiger partial charge in [0.1, 0.15) is 0 Å². The Bertz CT molecular complexity index is 430. The zero-order valence-corrected chi connectivity index (χ0v) is 14.0. The van der Waals surface area contributed by atoms with Gasteiger partial charge < -0.3 is 15.4 Å². The summed E-state index contributed by atoms with van der Waals surface area (Å²) in [6, 6.07) is 6.66. The summed E-state index contributed by atoms with van der Waals surface area (Å²) < 4.78 is 6.90. The lowest BCUT2D eigenvalue weighted by Gasteiger charge is -2.29. The van der Waals surface area contributed by atoms with Gasteiger partial charge in [-0.15, -0.1) is 0 Å². The predicted molar refractivity (Wildman–Crippen MR) is 88.4 cm³/mol. The monoisotopic (exact) mass is 340 g/mol. The third-order valence-corrected chi connectivity index (χ3v) is 4.25. The van der Waals surface area contributed by atoms with Gasteiger partial charge in [-0.1, -0.05) is 22.0 Å². The molecule has 1 heterocycles. The Balaban J connectivity index is 2.19. The average Bonchev–Trinajstić information content (AvgIpc) is 2.90. The van der Waals surface area contributed by atoms with E-state index >= 15 is 0 Å². The molecule has 4 heteroatoms. The fourth-order valence-corrected chi connectivity index (χ4v) is 3.13. The van der Waals surface area contributed by atoms with Crippen LogP contribution in [0.2, 0.25) is 0 Å². The van der Waals surface area contributed by atoms with E-state index < -0.39 is 0 Å². The molecule has 0 spiro atoms. The maximum absolute atomic E-state index is 5.98. The fraction of sp³-hybridized carbons (Fsp3) is 0.625. The van der Waals surface area contributed by atoms with Crippen molar-refractivity contribution in [2.45, 2.75) is 45.3 Å². The number of hydrogen-bond acceptors (Lipinski definition) is 3. The van der Waals surface area contributed by atoms with Gasteiger partial charge in [0.25, 0.3) is 0 Å². The van der Waals surface area contributed by atoms with Gasteiger partial charge >= 0.3 is 0 Å². The Labute approximate surface area is 130 Å². The van der Waals surface area contributed by atoms with Gasteiger partial charge in [-0.3, -0.25) is 0 Å². The number of likely N-dealkylation sites (N-methyl/N-ethyl adjacent to an activating group) is 1. The second-order valence-electron chi connectivity index (χ2n) is 5.63. The summed E-state index contributed by atoms with van der Waals surface area (Å²) in [5.74, 6) is 0. The van der Waals surface area contributed by atoms with E-state index in [-0.39, 0.29) is 6.04 Å². The van der Waals surface area contributed by atoms with Crippen LogP contribution in [0.15, 0.2) is 22.7 Å². The molecule has 1 aromatic rings. The van der Waals surface area contributed by atoms with Gasteiger partial charge in [0.15, 0.2) is 0 Å². The van der Waals surface area contributed by atoms with Gasteiger partial charge in [0, 0.05) is 35.9 Å². The van der Waals surface area contributed by atoms with Crippen LogP contribution in [0.4, 0.5) is 5.69 Å². The Morgan fingerprint density at radius 1 is 1.50 bits per heavy atom. The van der Waals surface area contributed by atoms with E-state index in [1.54, 1.807) is 0 Å². The minimum absolute atomic E-state index is 0.177. The maximum atomic E-state index is 5.98. The van der Waals surface area contributed by atoms with E-state index in [1.807, 2.05) is 0 Å². The van der Waals surface area contributed by atoms with E-state index in [1.165, 1.54) is 24.1 Å². The summed E-state index contributed by atoms with van der Waals surface area (Å²) in [6.07, 6.45) is 3.64. The summed E-state index contributed by atoms with van der Waals surface area (Å²) in [5, 5.41) is 0. The van der Waals surface area contributed by atoms with Gasteiger partial charge in [-0.25, -0.2) is 0 Å². The number of halogens is 1. The Kier molecular flexibility index (Phi) is 5.87. The molecular weight excluding hydrogens is 316 g/mol. The van der Waals surface area contributed by atoms with Crippen molar-refractivity contribution in [1.29, 1.82) is 0 Å². The van der Waals surface area contributed by atoms with Gasteiger partial charge in [0.2, 0.25) is 0 Å². The summed E-state index contributed by atoms with van der Waals surface area (Å²) in [4.78, 5) is 2.42. The van der Waals surface area contributed by atoms with Crippen LogP contribution in [0, 0.1) is 0 Å². The molecule has 0 saturated carbocycles. The molecule has 20 heavy (non-hydrogen) atoms. The minimum atomic E-state index is 0.177. The normalized spacial score (nSPS) is 20.1. The second-order valence-corrected chi connectivity index (χ2v) is 6.54. The molecule has 0 radical (unpaired) electrons. The number of hydrogen-bond donors (Lipinski definition) is 1. The molecule has 0 aromatic heterocycles. The van der Waals surface area contributed by atoms with Crippen LogP contribution in [0.1, 0.15) is 32.3 Å². The van der Waals surface area contributed by atoms with Crippen LogP contribution in [-0.2, 0) is 11.2 Å². The van der Waals surface area contributed by atoms with E-state index in [4.69, 9.17) is 10.5 Å². The number of benzene rings is 1. The Morgan fingerprint density at radius 2 is 2.30 bits per heavy atom. The number of nitrogens with zero attached hydrogens (tertiary/aromatic N) is 1. The molecule has 1 aromatic carbocycles. The Morgan fingerprint density at radius 3 is 2.90 bits per heavy atom. The zero-order chi connectivity index (χ0) is 14.5. The predicted octanol–water partition coefficient (Wildman–Crippen LogP) is 3.34. The summed E-state index contributed by atoms with van der Waals surface area (Å²) in [7, 11) is 0. The van der Waals surface area contributed by atoms with Gasteiger partial charge in [-0.2, -0.15) is 0 Å². The smallest absolute Gasteiger partial charge is 0.0750 e. The second kappa shape index (κ2) is 7.43. The topological polar surface area (TPSA) is 38.5 Å². The van der Waals surface area contributed by atoms with Crippen molar-refractivity contribution in [3.8, 4) is 0 Å². The van der Waals surface area contributed by atoms with Gasteiger partial charge in [0.05, 0.1) is 6.10 Å². The third kappa shape index (κ3) is 4.21. The van der Waals surface area contributed by atoms with Gasteiger partial charge in [-0.05, 0) is 50.8 Å². The number of nitrogens with two attached hydrogens (primary N) is 1. The first-order valence-electron chi connectivity index (χ1n) is 7.50. The maximum Gasteiger partial charge on any atom is 0.0750 e. The molecule has 1 aliphatic rings. The molecule has 2 unspecified atom stereocenters. The summed E-state index contributed by atoms with van der Waals surface area (Å²) in [6.45, 7) is 7.13. The molecule has 0 aliphatic carbocycles. The highest BCUT2D eigenvalue weighted by Gasteiger charge is 2.20. The average molecular weight is 341 g/mol. The minimum Gasteiger partial charge on any atom is -0.376 e. The summed E-state index contributed by atoms with van der Waals surface area (Å²) in [5.41, 5.74) is 8.59. The van der Waals surface area contributed by atoms with Crippen molar-refractivity contribution in [3.05, 3.63) is 28.2 Å². The molecule has 1 saturated heterocycles. The van der Waals surface area contributed by atoms with Crippen molar-refractivity contribution in [3.63, 3.8) is 0 Å². The van der Waals surface area contributed by atoms with Crippen LogP contribution in [-0.4, -0.2) is 31.8 Å². The molecule has 2 rings (SSSR count). The lowest BCUT2D eigenvalue weighted by Crippen LogP contribution is -2.33. The zero-order valence-electron chi connectivity index (χ0n) is 12.4. The fourth-order valence-electron chi connectivity index (χ4n) is 2.78. The SMILES string of the molecule is CCN(CC1CCCO1)c1cc(Br)ccc1CC(C)N. The van der Waals surface area contributed by atoms with Crippen molar-refractivity contribution < 1.29 is 4.74 Å². The highest BCUT2D eigenvalue weighted by atomic mass is 79.9. The third-order valence-electron chi connectivity index (χ3n) is 3.76. The molecule has 2 atom stereocenters. The van der Waals surface area contributed by atoms with Crippen LogP contribution in [0.5, 0.6) is 0 Å². The number of ether oxygens (including phenoxy) is 1. The molecular formula is C16H25BrN2O. The first-order chi connectivity index (χ1) is 9.60. The van der Waals surface area contributed by atoms with E-state index in [0.717, 1.165) is 30.6 Å². The number of rotatable bonds is 6. The lowest BCUT2D eigenvalue weighted by molar-refractivity contribution is 0.115. The summed E-state index contributed by atoms with van der Waals surface area (Å²) >= 11 is 3.58. The molecule has 0 amide bonds. The van der Waals surface area contributed by atoms with Crippen LogP contribution in [0.25, 0.3) is 0 Å². The van der Waals surface area contributed by atoms with Crippen molar-refractivity contribution >= 4 is 21.6 Å². The van der Waals surface area contributed by atoms with Crippen molar-refractivity contribution in [2.24, 2.45) is 5.73 Å². The number of anilines is 1. The Hall–Kier alpha value is -0.580. The molecule has 3 nitrogen and oxygen atoms in total. The molecule has 2 N–H and O–H groups in total. The first kappa shape index (κ1) is 15.8. The first-order valence-corrected chi connectivity index (χ1v) is 8.30. The molecule has 1 fully saturated rings. The lowest BCUT2D eigenvalue weighted by atomic mass is 10.0. The molecule has 0 bridgehead atoms. The van der Waals surface area contributed by atoms with Crippen LogP contribution >= 0.6 is 15.9 Å². The molecule has 1 aliphatic heterocycles. The quantitative estimate of drug-likeness (QED) is 0.862. The standard InChI is InChI=1S/C16H25BrN2O/c1-3-19(11-15-5-4-8-20-15)16-10-14(17)7-6-13(16)9-12(2)18/h6-7,10,12,15H,3-5,8-9,11,18H2,1-2H3.